The van der Waals surface area contributed by atoms with E-state index in [1.807, 2.05) is 18.2 Å². The van der Waals surface area contributed by atoms with Crippen LogP contribution in [-0.2, 0) is 4.74 Å². The van der Waals surface area contributed by atoms with Crippen LogP contribution >= 0.6 is 0 Å². The number of benzene rings is 1. The summed E-state index contributed by atoms with van der Waals surface area (Å²) >= 11 is 0. The second kappa shape index (κ2) is 5.26. The minimum atomic E-state index is 0.0824. The monoisotopic (exact) mass is 205 g/mol. The van der Waals surface area contributed by atoms with Crippen molar-refractivity contribution < 1.29 is 4.74 Å². The van der Waals surface area contributed by atoms with Gasteiger partial charge < -0.3 is 10.1 Å². The van der Waals surface area contributed by atoms with Gasteiger partial charge in [-0.1, -0.05) is 30.3 Å². The Morgan fingerprint density at radius 2 is 2.20 bits per heavy atom. The van der Waals surface area contributed by atoms with Gasteiger partial charge in [-0.3, -0.25) is 0 Å². The molecule has 1 fully saturated rings. The molecule has 0 spiro atoms. The van der Waals surface area contributed by atoms with E-state index in [1.165, 1.54) is 5.56 Å². The topological polar surface area (TPSA) is 35.4 Å². The third-order valence-corrected chi connectivity index (χ3v) is 2.74. The van der Waals surface area contributed by atoms with Gasteiger partial charge in [0.15, 0.2) is 0 Å². The number of nitrogens with one attached hydrogen (secondary N) is 1. The molecule has 0 bridgehead atoms. The molecule has 2 atom stereocenters. The standard InChI is InChI=1S/C12H17N2O/c1-15-12(10-5-3-2-4-6-10)11-9-13-7-8-14-11/h2-6,11-13H,7-9H2,1H3. The van der Waals surface area contributed by atoms with Crippen LogP contribution in [0.5, 0.6) is 0 Å². The quantitative estimate of drug-likeness (QED) is 0.797. The summed E-state index contributed by atoms with van der Waals surface area (Å²) in [5.41, 5.74) is 1.21. The van der Waals surface area contributed by atoms with Gasteiger partial charge in [-0.25, -0.2) is 5.32 Å². The van der Waals surface area contributed by atoms with Gasteiger partial charge in [0, 0.05) is 26.7 Å². The fraction of sp³-hybridized carbons (Fsp3) is 0.500. The number of rotatable bonds is 3. The molecule has 0 aliphatic carbocycles. The molecule has 2 rings (SSSR count). The number of hydrogen-bond donors (Lipinski definition) is 1. The Bertz CT molecular complexity index is 283. The Morgan fingerprint density at radius 1 is 1.40 bits per heavy atom. The van der Waals surface area contributed by atoms with Crippen molar-refractivity contribution >= 4 is 0 Å². The lowest BCUT2D eigenvalue weighted by Gasteiger charge is -2.29. The third-order valence-electron chi connectivity index (χ3n) is 2.74. The zero-order valence-corrected chi connectivity index (χ0v) is 9.02. The van der Waals surface area contributed by atoms with Gasteiger partial charge in [-0.15, -0.1) is 0 Å². The Balaban J connectivity index is 2.09. The maximum absolute atomic E-state index is 5.54. The fourth-order valence-electron chi connectivity index (χ4n) is 1.98. The largest absolute Gasteiger partial charge is 0.375 e. The molecular formula is C12H17N2O. The van der Waals surface area contributed by atoms with Crippen molar-refractivity contribution in [3.8, 4) is 0 Å². The predicted molar refractivity (Wildman–Crippen MR) is 59.9 cm³/mol. The van der Waals surface area contributed by atoms with Gasteiger partial charge in [0.2, 0.25) is 0 Å². The summed E-state index contributed by atoms with van der Waals surface area (Å²) in [7, 11) is 1.75. The maximum Gasteiger partial charge on any atom is 0.100 e. The lowest BCUT2D eigenvalue weighted by molar-refractivity contribution is 0.0615. The van der Waals surface area contributed by atoms with Crippen molar-refractivity contribution in [2.75, 3.05) is 26.7 Å². The molecule has 1 aromatic rings. The highest BCUT2D eigenvalue weighted by Gasteiger charge is 2.25. The summed E-state index contributed by atoms with van der Waals surface area (Å²) in [6.07, 6.45) is 0.0824. The molecule has 1 aliphatic heterocycles. The van der Waals surface area contributed by atoms with E-state index in [-0.39, 0.29) is 12.1 Å². The smallest absolute Gasteiger partial charge is 0.100 e. The van der Waals surface area contributed by atoms with Crippen LogP contribution in [0, 0.1) is 0 Å². The average molecular weight is 205 g/mol. The predicted octanol–water partition coefficient (Wildman–Crippen LogP) is 0.950. The van der Waals surface area contributed by atoms with E-state index in [0.29, 0.717) is 0 Å². The summed E-state index contributed by atoms with van der Waals surface area (Å²) in [5, 5.41) is 7.94. The molecule has 2 unspecified atom stereocenters. The first-order valence-electron chi connectivity index (χ1n) is 5.37. The Hall–Kier alpha value is -0.900. The van der Waals surface area contributed by atoms with E-state index in [0.717, 1.165) is 19.6 Å². The van der Waals surface area contributed by atoms with Crippen LogP contribution < -0.4 is 10.6 Å². The Labute approximate surface area is 90.8 Å². The number of nitrogens with zero attached hydrogens (tertiary/aromatic N) is 1. The maximum atomic E-state index is 5.54. The molecule has 1 heterocycles. The van der Waals surface area contributed by atoms with Gasteiger partial charge in [-0.05, 0) is 5.56 Å². The minimum Gasteiger partial charge on any atom is -0.375 e. The van der Waals surface area contributed by atoms with Gasteiger partial charge in [0.1, 0.15) is 6.10 Å². The number of hydrogen-bond acceptors (Lipinski definition) is 2. The second-order valence-corrected chi connectivity index (χ2v) is 3.74. The van der Waals surface area contributed by atoms with Crippen LogP contribution in [0.2, 0.25) is 0 Å². The molecule has 3 nitrogen and oxygen atoms in total. The Kier molecular flexibility index (Phi) is 3.72. The van der Waals surface area contributed by atoms with Crippen molar-refractivity contribution in [3.05, 3.63) is 35.9 Å². The lowest BCUT2D eigenvalue weighted by atomic mass is 10.0. The molecular weight excluding hydrogens is 188 g/mol. The zero-order chi connectivity index (χ0) is 10.5. The van der Waals surface area contributed by atoms with Gasteiger partial charge in [0.05, 0.1) is 6.04 Å². The molecule has 0 amide bonds. The number of piperazine rings is 1. The van der Waals surface area contributed by atoms with E-state index in [2.05, 4.69) is 22.8 Å². The molecule has 1 radical (unpaired) electrons. The van der Waals surface area contributed by atoms with Crippen molar-refractivity contribution in [3.63, 3.8) is 0 Å². The Morgan fingerprint density at radius 3 is 2.80 bits per heavy atom. The summed E-state index contributed by atoms with van der Waals surface area (Å²) in [5.74, 6) is 0. The average Bonchev–Trinajstić information content (AvgIpc) is 2.33. The van der Waals surface area contributed by atoms with Crippen molar-refractivity contribution in [2.45, 2.75) is 12.1 Å². The fourth-order valence-corrected chi connectivity index (χ4v) is 1.98. The SMILES string of the molecule is COC(c1ccccc1)C1CNCC[N]1. The normalized spacial score (nSPS) is 23.7. The summed E-state index contributed by atoms with van der Waals surface area (Å²) < 4.78 is 5.54. The minimum absolute atomic E-state index is 0.0824. The van der Waals surface area contributed by atoms with E-state index >= 15 is 0 Å². The molecule has 0 aromatic heterocycles. The third kappa shape index (κ3) is 2.56. The van der Waals surface area contributed by atoms with Crippen LogP contribution in [0.1, 0.15) is 11.7 Å². The van der Waals surface area contributed by atoms with E-state index in [1.54, 1.807) is 7.11 Å². The van der Waals surface area contributed by atoms with E-state index < -0.39 is 0 Å². The molecule has 1 aromatic carbocycles. The van der Waals surface area contributed by atoms with Gasteiger partial charge in [-0.2, -0.15) is 0 Å². The van der Waals surface area contributed by atoms with E-state index in [4.69, 9.17) is 4.74 Å². The summed E-state index contributed by atoms with van der Waals surface area (Å²) in [6, 6.07) is 10.5. The van der Waals surface area contributed by atoms with Crippen molar-refractivity contribution in [1.29, 1.82) is 0 Å². The lowest BCUT2D eigenvalue weighted by Crippen LogP contribution is -2.47. The van der Waals surface area contributed by atoms with Crippen LogP contribution in [0.3, 0.4) is 0 Å². The zero-order valence-electron chi connectivity index (χ0n) is 9.02. The molecule has 81 valence electrons. The van der Waals surface area contributed by atoms with Crippen LogP contribution in [0.15, 0.2) is 30.3 Å². The van der Waals surface area contributed by atoms with Crippen molar-refractivity contribution in [1.82, 2.24) is 10.6 Å². The van der Waals surface area contributed by atoms with Crippen molar-refractivity contribution in [2.24, 2.45) is 0 Å². The van der Waals surface area contributed by atoms with E-state index in [9.17, 15) is 0 Å². The molecule has 1 N–H and O–H groups in total. The number of methoxy groups -OCH3 is 1. The molecule has 1 aliphatic rings. The molecule has 3 heteroatoms. The van der Waals surface area contributed by atoms with Crippen LogP contribution in [0.4, 0.5) is 0 Å². The van der Waals surface area contributed by atoms with Gasteiger partial charge >= 0.3 is 0 Å². The first-order valence-corrected chi connectivity index (χ1v) is 5.37. The molecule has 15 heavy (non-hydrogen) atoms. The van der Waals surface area contributed by atoms with Crippen LogP contribution in [0.25, 0.3) is 0 Å². The first-order chi connectivity index (χ1) is 7.42. The highest BCUT2D eigenvalue weighted by Crippen LogP contribution is 2.21. The first kappa shape index (κ1) is 10.6. The summed E-state index contributed by atoms with van der Waals surface area (Å²) in [4.78, 5) is 0. The highest BCUT2D eigenvalue weighted by molar-refractivity contribution is 5.19. The summed E-state index contributed by atoms with van der Waals surface area (Å²) in [6.45, 7) is 2.78. The van der Waals surface area contributed by atoms with Gasteiger partial charge in [0.25, 0.3) is 0 Å². The highest BCUT2D eigenvalue weighted by atomic mass is 16.5. The second-order valence-electron chi connectivity index (χ2n) is 3.74. The molecule has 1 saturated heterocycles. The van der Waals surface area contributed by atoms with Crippen LogP contribution in [-0.4, -0.2) is 32.8 Å². The molecule has 0 saturated carbocycles. The number of ether oxygens (including phenoxy) is 1.